The summed E-state index contributed by atoms with van der Waals surface area (Å²) in [6.07, 6.45) is 3.13. The van der Waals surface area contributed by atoms with Gasteiger partial charge in [-0.1, -0.05) is 12.1 Å². The van der Waals surface area contributed by atoms with Gasteiger partial charge in [-0.25, -0.2) is 8.42 Å². The number of carbonyl (C=O) groups excluding carboxylic acids is 1. The van der Waals surface area contributed by atoms with E-state index in [-0.39, 0.29) is 11.8 Å². The number of piperazine rings is 1. The SMILES string of the molecule is CSc1ccc(S(=O)(=O)N2CCC(C(=O)N3CCN(c4cccc(C)c4C)CC3)CC2)cc1. The average molecular weight is 488 g/mol. The molecule has 6 nitrogen and oxygen atoms in total. The summed E-state index contributed by atoms with van der Waals surface area (Å²) in [5.41, 5.74) is 3.84. The second-order valence-electron chi connectivity index (χ2n) is 8.89. The van der Waals surface area contributed by atoms with Gasteiger partial charge >= 0.3 is 0 Å². The Hall–Kier alpha value is -2.03. The summed E-state index contributed by atoms with van der Waals surface area (Å²) >= 11 is 1.59. The molecular formula is C25H33N3O3S2. The average Bonchev–Trinajstić information content (AvgIpc) is 2.85. The number of benzene rings is 2. The van der Waals surface area contributed by atoms with Gasteiger partial charge in [-0.05, 0) is 74.4 Å². The predicted octanol–water partition coefficient (Wildman–Crippen LogP) is 3.77. The van der Waals surface area contributed by atoms with E-state index in [1.807, 2.05) is 23.3 Å². The molecule has 0 radical (unpaired) electrons. The molecule has 2 aliphatic heterocycles. The monoisotopic (exact) mass is 487 g/mol. The van der Waals surface area contributed by atoms with Gasteiger partial charge in [0.2, 0.25) is 15.9 Å². The summed E-state index contributed by atoms with van der Waals surface area (Å²) in [4.78, 5) is 18.9. The normalized spacial score (nSPS) is 18.5. The van der Waals surface area contributed by atoms with Crippen molar-refractivity contribution >= 4 is 33.4 Å². The molecule has 0 aliphatic carbocycles. The maximum atomic E-state index is 13.2. The first kappa shape index (κ1) is 24.1. The second kappa shape index (κ2) is 10.1. The van der Waals surface area contributed by atoms with Gasteiger partial charge in [-0.15, -0.1) is 11.8 Å². The lowest BCUT2D eigenvalue weighted by Gasteiger charge is -2.39. The van der Waals surface area contributed by atoms with E-state index in [2.05, 4.69) is 36.9 Å². The van der Waals surface area contributed by atoms with Crippen LogP contribution in [0.3, 0.4) is 0 Å². The summed E-state index contributed by atoms with van der Waals surface area (Å²) in [5, 5.41) is 0. The van der Waals surface area contributed by atoms with E-state index in [9.17, 15) is 13.2 Å². The zero-order valence-corrected chi connectivity index (χ0v) is 21.3. The molecule has 0 atom stereocenters. The number of thioether (sulfide) groups is 1. The van der Waals surface area contributed by atoms with Crippen LogP contribution in [0.15, 0.2) is 52.3 Å². The van der Waals surface area contributed by atoms with Crippen molar-refractivity contribution in [2.24, 2.45) is 5.92 Å². The lowest BCUT2D eigenvalue weighted by atomic mass is 9.96. The minimum atomic E-state index is -3.51. The molecule has 2 fully saturated rings. The van der Waals surface area contributed by atoms with E-state index in [1.54, 1.807) is 23.9 Å². The lowest BCUT2D eigenvalue weighted by molar-refractivity contribution is -0.137. The van der Waals surface area contributed by atoms with Crippen LogP contribution in [0.4, 0.5) is 5.69 Å². The molecule has 2 aromatic rings. The largest absolute Gasteiger partial charge is 0.368 e. The molecular weight excluding hydrogens is 454 g/mol. The zero-order chi connectivity index (χ0) is 23.6. The number of amides is 1. The van der Waals surface area contributed by atoms with Crippen molar-refractivity contribution in [1.29, 1.82) is 0 Å². The number of nitrogens with zero attached hydrogens (tertiary/aromatic N) is 3. The molecule has 4 rings (SSSR count). The third-order valence-corrected chi connectivity index (χ3v) is 9.66. The van der Waals surface area contributed by atoms with Gasteiger partial charge in [-0.2, -0.15) is 4.31 Å². The summed E-state index contributed by atoms with van der Waals surface area (Å²) in [6, 6.07) is 13.4. The van der Waals surface area contributed by atoms with Gasteiger partial charge in [0.25, 0.3) is 0 Å². The van der Waals surface area contributed by atoms with Gasteiger partial charge in [0.05, 0.1) is 4.90 Å². The Bertz CT molecular complexity index is 1090. The fraction of sp³-hybridized carbons (Fsp3) is 0.480. The van der Waals surface area contributed by atoms with E-state index < -0.39 is 10.0 Å². The van der Waals surface area contributed by atoms with Crippen molar-refractivity contribution in [2.75, 3.05) is 50.4 Å². The van der Waals surface area contributed by atoms with E-state index >= 15 is 0 Å². The molecule has 0 bridgehead atoms. The number of aryl methyl sites for hydroxylation is 1. The number of anilines is 1. The van der Waals surface area contributed by atoms with Crippen LogP contribution in [-0.4, -0.2) is 69.1 Å². The van der Waals surface area contributed by atoms with Crippen LogP contribution in [-0.2, 0) is 14.8 Å². The Labute approximate surface area is 202 Å². The molecule has 0 unspecified atom stereocenters. The second-order valence-corrected chi connectivity index (χ2v) is 11.7. The summed E-state index contributed by atoms with van der Waals surface area (Å²) < 4.78 is 27.5. The molecule has 33 heavy (non-hydrogen) atoms. The Kier molecular flexibility index (Phi) is 7.36. The Morgan fingerprint density at radius 1 is 0.909 bits per heavy atom. The lowest BCUT2D eigenvalue weighted by Crippen LogP contribution is -2.52. The molecule has 0 saturated carbocycles. The molecule has 2 aliphatic rings. The van der Waals surface area contributed by atoms with E-state index in [0.717, 1.165) is 18.0 Å². The van der Waals surface area contributed by atoms with Crippen molar-refractivity contribution in [3.05, 3.63) is 53.6 Å². The minimum Gasteiger partial charge on any atom is -0.368 e. The van der Waals surface area contributed by atoms with Crippen molar-refractivity contribution in [2.45, 2.75) is 36.5 Å². The molecule has 0 spiro atoms. The number of hydrogen-bond acceptors (Lipinski definition) is 5. The zero-order valence-electron chi connectivity index (χ0n) is 19.7. The molecule has 2 heterocycles. The van der Waals surface area contributed by atoms with Crippen LogP contribution < -0.4 is 4.90 Å². The van der Waals surface area contributed by atoms with Gasteiger partial charge in [-0.3, -0.25) is 4.79 Å². The third-order valence-electron chi connectivity index (χ3n) is 7.01. The maximum absolute atomic E-state index is 13.2. The quantitative estimate of drug-likeness (QED) is 0.601. The number of piperidine rings is 1. The Morgan fingerprint density at radius 3 is 2.15 bits per heavy atom. The highest BCUT2D eigenvalue weighted by atomic mass is 32.2. The van der Waals surface area contributed by atoms with Crippen LogP contribution in [0.1, 0.15) is 24.0 Å². The topological polar surface area (TPSA) is 60.9 Å². The molecule has 0 N–H and O–H groups in total. The van der Waals surface area contributed by atoms with Crippen molar-refractivity contribution in [3.8, 4) is 0 Å². The molecule has 1 amide bonds. The highest BCUT2D eigenvalue weighted by Crippen LogP contribution is 2.28. The van der Waals surface area contributed by atoms with Gasteiger partial charge < -0.3 is 9.80 Å². The summed E-state index contributed by atoms with van der Waals surface area (Å²) in [5.74, 6) is 0.0829. The van der Waals surface area contributed by atoms with Gasteiger partial charge in [0.1, 0.15) is 0 Å². The Balaban J connectivity index is 1.32. The van der Waals surface area contributed by atoms with Crippen molar-refractivity contribution < 1.29 is 13.2 Å². The highest BCUT2D eigenvalue weighted by Gasteiger charge is 2.34. The van der Waals surface area contributed by atoms with Gasteiger partial charge in [0, 0.05) is 55.8 Å². The number of hydrogen-bond donors (Lipinski definition) is 0. The molecule has 2 aromatic carbocycles. The number of rotatable bonds is 5. The molecule has 2 saturated heterocycles. The predicted molar refractivity (Wildman–Crippen MR) is 134 cm³/mol. The summed E-state index contributed by atoms with van der Waals surface area (Å²) in [6.45, 7) is 8.16. The van der Waals surface area contributed by atoms with Crippen LogP contribution >= 0.6 is 11.8 Å². The standard InChI is InChI=1S/C25H33N3O3S2/c1-19-5-4-6-24(20(19)2)26-15-17-27(18-16-26)25(29)21-11-13-28(14-12-21)33(30,31)23-9-7-22(32-3)8-10-23/h4-10,21H,11-18H2,1-3H3. The van der Waals surface area contributed by atoms with E-state index in [4.69, 9.17) is 0 Å². The highest BCUT2D eigenvalue weighted by molar-refractivity contribution is 7.98. The van der Waals surface area contributed by atoms with Crippen LogP contribution in [0.5, 0.6) is 0 Å². The first-order chi connectivity index (χ1) is 15.8. The first-order valence-corrected chi connectivity index (χ1v) is 14.2. The smallest absolute Gasteiger partial charge is 0.243 e. The van der Waals surface area contributed by atoms with E-state index in [0.29, 0.717) is 43.9 Å². The fourth-order valence-corrected chi connectivity index (χ4v) is 6.62. The Morgan fingerprint density at radius 2 is 1.55 bits per heavy atom. The number of carbonyl (C=O) groups is 1. The van der Waals surface area contributed by atoms with Crippen molar-refractivity contribution in [1.82, 2.24) is 9.21 Å². The maximum Gasteiger partial charge on any atom is 0.243 e. The number of sulfonamides is 1. The molecule has 0 aromatic heterocycles. The summed E-state index contributed by atoms with van der Waals surface area (Å²) in [7, 11) is -3.51. The van der Waals surface area contributed by atoms with Crippen LogP contribution in [0, 0.1) is 19.8 Å². The van der Waals surface area contributed by atoms with Crippen LogP contribution in [0.25, 0.3) is 0 Å². The fourth-order valence-electron chi connectivity index (χ4n) is 4.74. The molecule has 178 valence electrons. The molecule has 8 heteroatoms. The first-order valence-electron chi connectivity index (χ1n) is 11.6. The van der Waals surface area contributed by atoms with Gasteiger partial charge in [0.15, 0.2) is 0 Å². The third kappa shape index (κ3) is 5.08. The van der Waals surface area contributed by atoms with Crippen molar-refractivity contribution in [3.63, 3.8) is 0 Å². The van der Waals surface area contributed by atoms with Crippen LogP contribution in [0.2, 0.25) is 0 Å². The minimum absolute atomic E-state index is 0.0948. The van der Waals surface area contributed by atoms with E-state index in [1.165, 1.54) is 21.1 Å².